The fourth-order valence-electron chi connectivity index (χ4n) is 3.05. The summed E-state index contributed by atoms with van der Waals surface area (Å²) < 4.78 is 6.28. The number of carbonyl (C=O) groups excluding carboxylic acids is 1. The number of ether oxygens (including phenoxy) is 1. The smallest absolute Gasteiger partial charge is 0.232 e. The molecule has 0 saturated carbocycles. The number of thioether (sulfide) groups is 2. The van der Waals surface area contributed by atoms with E-state index < -0.39 is 0 Å². The van der Waals surface area contributed by atoms with Crippen molar-refractivity contribution in [2.24, 2.45) is 0 Å². The van der Waals surface area contributed by atoms with Gasteiger partial charge in [0.25, 0.3) is 0 Å². The van der Waals surface area contributed by atoms with Crippen LogP contribution in [0, 0.1) is 6.92 Å². The number of hydrogen-bond acceptors (Lipinski definition) is 5. The van der Waals surface area contributed by atoms with Crippen molar-refractivity contribution in [2.45, 2.75) is 30.8 Å². The van der Waals surface area contributed by atoms with Crippen LogP contribution in [0.2, 0.25) is 0 Å². The lowest BCUT2D eigenvalue weighted by Gasteiger charge is -2.47. The highest BCUT2D eigenvalue weighted by Crippen LogP contribution is 2.46. The summed E-state index contributed by atoms with van der Waals surface area (Å²) in [4.78, 5) is 18.3. The topological polar surface area (TPSA) is 42.4 Å². The van der Waals surface area contributed by atoms with Gasteiger partial charge in [-0.3, -0.25) is 9.78 Å². The van der Waals surface area contributed by atoms with Crippen LogP contribution >= 0.6 is 23.5 Å². The summed E-state index contributed by atoms with van der Waals surface area (Å²) in [7, 11) is 0. The number of rotatable bonds is 5. The van der Waals surface area contributed by atoms with E-state index >= 15 is 0 Å². The SMILES string of the molecule is CSCC(=O)N1CC2(CC(OCc3cccc(C)n3)CS2)C1. The van der Waals surface area contributed by atoms with E-state index in [9.17, 15) is 4.79 Å². The van der Waals surface area contributed by atoms with Crippen LogP contribution < -0.4 is 0 Å². The van der Waals surface area contributed by atoms with Crippen LogP contribution in [0.15, 0.2) is 18.2 Å². The molecule has 0 bridgehead atoms. The Morgan fingerprint density at radius 2 is 2.36 bits per heavy atom. The van der Waals surface area contributed by atoms with Crippen molar-refractivity contribution in [3.63, 3.8) is 0 Å². The quantitative estimate of drug-likeness (QED) is 0.824. The molecule has 1 amide bonds. The highest BCUT2D eigenvalue weighted by atomic mass is 32.2. The third-order valence-electron chi connectivity index (χ3n) is 4.17. The minimum absolute atomic E-state index is 0.249. The molecule has 1 unspecified atom stereocenters. The number of nitrogens with zero attached hydrogens (tertiary/aromatic N) is 2. The van der Waals surface area contributed by atoms with Gasteiger partial charge in [0, 0.05) is 24.5 Å². The Bertz CT molecular complexity index is 547. The first-order valence-corrected chi connectivity index (χ1v) is 9.93. The summed E-state index contributed by atoms with van der Waals surface area (Å²) in [6.07, 6.45) is 3.30. The van der Waals surface area contributed by atoms with E-state index in [1.165, 1.54) is 0 Å². The van der Waals surface area contributed by atoms with Crippen molar-refractivity contribution in [1.82, 2.24) is 9.88 Å². The molecule has 3 heterocycles. The molecule has 0 N–H and O–H groups in total. The first-order valence-electron chi connectivity index (χ1n) is 7.55. The molecule has 2 saturated heterocycles. The zero-order valence-electron chi connectivity index (χ0n) is 13.1. The molecule has 2 fully saturated rings. The second-order valence-corrected chi connectivity index (χ2v) is 8.44. The van der Waals surface area contributed by atoms with E-state index in [-0.39, 0.29) is 16.8 Å². The van der Waals surface area contributed by atoms with E-state index in [0.29, 0.717) is 12.4 Å². The summed E-state index contributed by atoms with van der Waals surface area (Å²) in [6, 6.07) is 6.03. The Kier molecular flexibility index (Phi) is 5.00. The Hall–Kier alpha value is -0.720. The Balaban J connectivity index is 1.45. The summed E-state index contributed by atoms with van der Waals surface area (Å²) in [5.74, 6) is 1.89. The van der Waals surface area contributed by atoms with E-state index in [1.807, 2.05) is 48.0 Å². The van der Waals surface area contributed by atoms with E-state index in [2.05, 4.69) is 4.98 Å². The van der Waals surface area contributed by atoms with Gasteiger partial charge in [0.15, 0.2) is 0 Å². The molecule has 1 aromatic heterocycles. The first-order chi connectivity index (χ1) is 10.6. The van der Waals surface area contributed by atoms with Gasteiger partial charge in [0.2, 0.25) is 5.91 Å². The summed E-state index contributed by atoms with van der Waals surface area (Å²) in [5.41, 5.74) is 2.02. The Labute approximate surface area is 140 Å². The number of pyridine rings is 1. The van der Waals surface area contributed by atoms with Crippen molar-refractivity contribution >= 4 is 29.4 Å². The number of likely N-dealkylation sites (tertiary alicyclic amines) is 1. The van der Waals surface area contributed by atoms with Crippen molar-refractivity contribution in [1.29, 1.82) is 0 Å². The minimum atomic E-state index is 0.249. The predicted molar refractivity (Wildman–Crippen MR) is 92.3 cm³/mol. The molecule has 2 aliphatic rings. The number of aryl methyl sites for hydroxylation is 1. The van der Waals surface area contributed by atoms with Crippen molar-refractivity contribution in [2.75, 3.05) is 30.9 Å². The predicted octanol–water partition coefficient (Wildman–Crippen LogP) is 2.36. The number of aromatic nitrogens is 1. The van der Waals surface area contributed by atoms with Crippen LogP contribution in [0.5, 0.6) is 0 Å². The average Bonchev–Trinajstić information content (AvgIpc) is 2.88. The molecule has 0 radical (unpaired) electrons. The maximum atomic E-state index is 11.8. The summed E-state index contributed by atoms with van der Waals surface area (Å²) in [6.45, 7) is 4.36. The van der Waals surface area contributed by atoms with Gasteiger partial charge in [0.05, 0.1) is 28.9 Å². The molecule has 1 atom stereocenters. The molecule has 0 aliphatic carbocycles. The van der Waals surface area contributed by atoms with Crippen LogP contribution in [0.3, 0.4) is 0 Å². The van der Waals surface area contributed by atoms with E-state index in [1.54, 1.807) is 11.8 Å². The molecule has 6 heteroatoms. The van der Waals surface area contributed by atoms with E-state index in [4.69, 9.17) is 4.74 Å². The maximum absolute atomic E-state index is 11.8. The third kappa shape index (κ3) is 3.60. The van der Waals surface area contributed by atoms with Gasteiger partial charge in [-0.25, -0.2) is 0 Å². The highest BCUT2D eigenvalue weighted by Gasteiger charge is 2.50. The molecule has 1 spiro atoms. The number of carbonyl (C=O) groups is 1. The fourth-order valence-corrected chi connectivity index (χ4v) is 5.03. The van der Waals surface area contributed by atoms with Crippen molar-refractivity contribution in [3.8, 4) is 0 Å². The lowest BCUT2D eigenvalue weighted by molar-refractivity contribution is -0.133. The molecule has 120 valence electrons. The lowest BCUT2D eigenvalue weighted by Crippen LogP contribution is -2.61. The molecule has 3 rings (SSSR count). The molecule has 22 heavy (non-hydrogen) atoms. The number of hydrogen-bond donors (Lipinski definition) is 0. The van der Waals surface area contributed by atoms with Crippen LogP contribution in [-0.2, 0) is 16.1 Å². The molecular weight excluding hydrogens is 316 g/mol. The van der Waals surface area contributed by atoms with E-state index in [0.717, 1.165) is 36.7 Å². The van der Waals surface area contributed by atoms with Gasteiger partial charge < -0.3 is 9.64 Å². The van der Waals surface area contributed by atoms with Gasteiger partial charge in [-0.05, 0) is 31.7 Å². The van der Waals surface area contributed by atoms with Crippen LogP contribution in [0.1, 0.15) is 17.8 Å². The minimum Gasteiger partial charge on any atom is -0.371 e. The normalized spacial score (nSPS) is 22.8. The van der Waals surface area contributed by atoms with Gasteiger partial charge >= 0.3 is 0 Å². The molecule has 4 nitrogen and oxygen atoms in total. The highest BCUT2D eigenvalue weighted by molar-refractivity contribution is 8.01. The standard InChI is InChI=1S/C16H22N2O2S2/c1-12-4-3-5-13(17-12)7-20-14-6-16(22-8-14)10-18(11-16)15(19)9-21-2/h3-5,14H,6-11H2,1-2H3. The second kappa shape index (κ2) is 6.81. The Morgan fingerprint density at radius 3 is 3.09 bits per heavy atom. The largest absolute Gasteiger partial charge is 0.371 e. The molecule has 2 aliphatic heterocycles. The average molecular weight is 338 g/mol. The Morgan fingerprint density at radius 1 is 1.55 bits per heavy atom. The van der Waals surface area contributed by atoms with Gasteiger partial charge in [0.1, 0.15) is 0 Å². The first kappa shape index (κ1) is 16.1. The van der Waals surface area contributed by atoms with Gasteiger partial charge in [-0.1, -0.05) is 6.07 Å². The number of amides is 1. The van der Waals surface area contributed by atoms with Crippen molar-refractivity contribution in [3.05, 3.63) is 29.6 Å². The summed E-state index contributed by atoms with van der Waals surface area (Å²) >= 11 is 3.57. The summed E-state index contributed by atoms with van der Waals surface area (Å²) in [5, 5.41) is 0. The maximum Gasteiger partial charge on any atom is 0.232 e. The fraction of sp³-hybridized carbons (Fsp3) is 0.625. The second-order valence-electron chi connectivity index (χ2n) is 6.08. The monoisotopic (exact) mass is 338 g/mol. The van der Waals surface area contributed by atoms with Crippen LogP contribution in [0.25, 0.3) is 0 Å². The lowest BCUT2D eigenvalue weighted by atomic mass is 9.93. The third-order valence-corrected chi connectivity index (χ3v) is 6.28. The molecule has 0 aromatic carbocycles. The zero-order chi connectivity index (χ0) is 15.6. The van der Waals surface area contributed by atoms with Crippen LogP contribution in [0.4, 0.5) is 0 Å². The zero-order valence-corrected chi connectivity index (χ0v) is 14.7. The van der Waals surface area contributed by atoms with Gasteiger partial charge in [-0.15, -0.1) is 11.8 Å². The van der Waals surface area contributed by atoms with Crippen molar-refractivity contribution < 1.29 is 9.53 Å². The molecule has 1 aromatic rings. The van der Waals surface area contributed by atoms with Crippen LogP contribution in [-0.4, -0.2) is 57.5 Å². The van der Waals surface area contributed by atoms with Gasteiger partial charge in [-0.2, -0.15) is 11.8 Å². The molecular formula is C16H22N2O2S2.